The standard InChI is InChI=1S/C21H20ClN3O3/c22-16-5-2-1-4-15(16)21-24-23-20(28-21)13-25-9-3-6-17(25)14-7-8-18-19(12-14)27-11-10-26-18/h1-2,4-5,7-8,12,17H,3,6,9-11,13H2. The molecule has 2 aromatic carbocycles. The highest BCUT2D eigenvalue weighted by Gasteiger charge is 2.29. The molecule has 5 rings (SSSR count). The second-order valence-corrected chi connectivity index (χ2v) is 7.42. The Morgan fingerprint density at radius 2 is 1.89 bits per heavy atom. The van der Waals surface area contributed by atoms with E-state index in [2.05, 4.69) is 27.2 Å². The van der Waals surface area contributed by atoms with Crippen molar-refractivity contribution in [2.24, 2.45) is 0 Å². The van der Waals surface area contributed by atoms with E-state index in [1.807, 2.05) is 30.3 Å². The SMILES string of the molecule is Clc1ccccc1-c1nnc(CN2CCCC2c2ccc3c(c2)OCCO3)o1. The lowest BCUT2D eigenvalue weighted by atomic mass is 10.0. The van der Waals surface area contributed by atoms with Crippen molar-refractivity contribution in [1.29, 1.82) is 0 Å². The van der Waals surface area contributed by atoms with Gasteiger partial charge in [0.1, 0.15) is 13.2 Å². The molecule has 0 N–H and O–H groups in total. The van der Waals surface area contributed by atoms with Crippen molar-refractivity contribution in [2.45, 2.75) is 25.4 Å². The van der Waals surface area contributed by atoms with Gasteiger partial charge in [-0.3, -0.25) is 4.90 Å². The summed E-state index contributed by atoms with van der Waals surface area (Å²) in [4.78, 5) is 2.37. The maximum absolute atomic E-state index is 6.24. The first kappa shape index (κ1) is 17.5. The molecule has 3 heterocycles. The van der Waals surface area contributed by atoms with Gasteiger partial charge in [-0.1, -0.05) is 29.8 Å². The van der Waals surface area contributed by atoms with Crippen molar-refractivity contribution >= 4 is 11.6 Å². The van der Waals surface area contributed by atoms with Crippen LogP contribution in [0.2, 0.25) is 5.02 Å². The third kappa shape index (κ3) is 3.34. The second kappa shape index (κ2) is 7.45. The third-order valence-corrected chi connectivity index (χ3v) is 5.55. The van der Waals surface area contributed by atoms with Crippen molar-refractivity contribution in [1.82, 2.24) is 15.1 Å². The molecule has 0 amide bonds. The predicted octanol–water partition coefficient (Wildman–Crippen LogP) is 4.50. The Kier molecular flexibility index (Phi) is 4.66. The Hall–Kier alpha value is -2.57. The summed E-state index contributed by atoms with van der Waals surface area (Å²) in [5, 5.41) is 9.02. The van der Waals surface area contributed by atoms with Crippen molar-refractivity contribution < 1.29 is 13.9 Å². The van der Waals surface area contributed by atoms with Gasteiger partial charge in [-0.2, -0.15) is 0 Å². The number of halogens is 1. The van der Waals surface area contributed by atoms with E-state index < -0.39 is 0 Å². The number of nitrogens with zero attached hydrogens (tertiary/aromatic N) is 3. The van der Waals surface area contributed by atoms with Crippen LogP contribution in [0.5, 0.6) is 11.5 Å². The highest BCUT2D eigenvalue weighted by Crippen LogP contribution is 2.38. The van der Waals surface area contributed by atoms with Gasteiger partial charge in [0.2, 0.25) is 11.8 Å². The number of hydrogen-bond acceptors (Lipinski definition) is 6. The molecule has 1 atom stereocenters. The molecule has 1 aromatic heterocycles. The summed E-state index contributed by atoms with van der Waals surface area (Å²) < 4.78 is 17.3. The number of fused-ring (bicyclic) bond motifs is 1. The Morgan fingerprint density at radius 3 is 2.79 bits per heavy atom. The smallest absolute Gasteiger partial charge is 0.249 e. The van der Waals surface area contributed by atoms with Crippen LogP contribution in [0.4, 0.5) is 0 Å². The minimum Gasteiger partial charge on any atom is -0.486 e. The monoisotopic (exact) mass is 397 g/mol. The fourth-order valence-corrected chi connectivity index (χ4v) is 4.11. The van der Waals surface area contributed by atoms with Crippen molar-refractivity contribution in [3.63, 3.8) is 0 Å². The van der Waals surface area contributed by atoms with Crippen molar-refractivity contribution in [3.8, 4) is 23.0 Å². The Morgan fingerprint density at radius 1 is 1.04 bits per heavy atom. The van der Waals surface area contributed by atoms with Crippen LogP contribution in [-0.4, -0.2) is 34.9 Å². The molecule has 6 nitrogen and oxygen atoms in total. The van der Waals surface area contributed by atoms with E-state index in [4.69, 9.17) is 25.5 Å². The van der Waals surface area contributed by atoms with E-state index in [0.29, 0.717) is 42.6 Å². The molecule has 7 heteroatoms. The van der Waals surface area contributed by atoms with E-state index in [1.165, 1.54) is 5.56 Å². The van der Waals surface area contributed by atoms with Gasteiger partial charge < -0.3 is 13.9 Å². The molecular weight excluding hydrogens is 378 g/mol. The normalized spacial score (nSPS) is 19.1. The minimum atomic E-state index is 0.298. The molecule has 1 fully saturated rings. The zero-order chi connectivity index (χ0) is 18.9. The van der Waals surface area contributed by atoms with Gasteiger partial charge in [-0.25, -0.2) is 0 Å². The number of hydrogen-bond donors (Lipinski definition) is 0. The fourth-order valence-electron chi connectivity index (χ4n) is 3.89. The molecule has 144 valence electrons. The van der Waals surface area contributed by atoms with Gasteiger partial charge in [0.05, 0.1) is 17.1 Å². The van der Waals surface area contributed by atoms with Crippen LogP contribution >= 0.6 is 11.6 Å². The maximum Gasteiger partial charge on any atom is 0.249 e. The summed E-state index contributed by atoms with van der Waals surface area (Å²) >= 11 is 6.24. The zero-order valence-corrected chi connectivity index (χ0v) is 16.1. The van der Waals surface area contributed by atoms with Crippen LogP contribution in [0.1, 0.15) is 30.3 Å². The molecule has 0 saturated carbocycles. The lowest BCUT2D eigenvalue weighted by Crippen LogP contribution is -2.23. The topological polar surface area (TPSA) is 60.6 Å². The summed E-state index contributed by atoms with van der Waals surface area (Å²) in [6.07, 6.45) is 2.22. The Balaban J connectivity index is 1.35. The van der Waals surface area contributed by atoms with Crippen LogP contribution in [0.15, 0.2) is 46.9 Å². The Bertz CT molecular complexity index is 991. The van der Waals surface area contributed by atoms with E-state index in [0.717, 1.165) is 36.4 Å². The van der Waals surface area contributed by atoms with Crippen LogP contribution in [0.3, 0.4) is 0 Å². The second-order valence-electron chi connectivity index (χ2n) is 7.01. The van der Waals surface area contributed by atoms with E-state index in [-0.39, 0.29) is 0 Å². The number of benzene rings is 2. The maximum atomic E-state index is 6.24. The first-order valence-electron chi connectivity index (χ1n) is 9.49. The molecule has 1 saturated heterocycles. The molecule has 0 spiro atoms. The lowest BCUT2D eigenvalue weighted by Gasteiger charge is -2.25. The predicted molar refractivity (Wildman–Crippen MR) is 105 cm³/mol. The molecule has 2 aliphatic rings. The van der Waals surface area contributed by atoms with Crippen LogP contribution in [0, 0.1) is 0 Å². The van der Waals surface area contributed by atoms with E-state index in [9.17, 15) is 0 Å². The summed E-state index contributed by atoms with van der Waals surface area (Å²) in [7, 11) is 0. The summed E-state index contributed by atoms with van der Waals surface area (Å²) in [5.41, 5.74) is 1.99. The average molecular weight is 398 g/mol. The van der Waals surface area contributed by atoms with Gasteiger partial charge in [0.15, 0.2) is 11.5 Å². The summed E-state index contributed by atoms with van der Waals surface area (Å²) in [5.74, 6) is 2.70. The van der Waals surface area contributed by atoms with E-state index >= 15 is 0 Å². The number of ether oxygens (including phenoxy) is 2. The molecule has 0 aliphatic carbocycles. The molecule has 3 aromatic rings. The number of rotatable bonds is 4. The zero-order valence-electron chi connectivity index (χ0n) is 15.3. The number of aromatic nitrogens is 2. The molecule has 0 bridgehead atoms. The largest absolute Gasteiger partial charge is 0.486 e. The molecule has 28 heavy (non-hydrogen) atoms. The van der Waals surface area contributed by atoms with Gasteiger partial charge in [-0.15, -0.1) is 10.2 Å². The fraction of sp³-hybridized carbons (Fsp3) is 0.333. The highest BCUT2D eigenvalue weighted by atomic mass is 35.5. The van der Waals surface area contributed by atoms with Crippen LogP contribution < -0.4 is 9.47 Å². The lowest BCUT2D eigenvalue weighted by molar-refractivity contribution is 0.170. The first-order chi connectivity index (χ1) is 13.8. The van der Waals surface area contributed by atoms with Gasteiger partial charge in [-0.05, 0) is 49.2 Å². The first-order valence-corrected chi connectivity index (χ1v) is 9.86. The minimum absolute atomic E-state index is 0.298. The molecular formula is C21H20ClN3O3. The average Bonchev–Trinajstić information content (AvgIpc) is 3.38. The van der Waals surface area contributed by atoms with Crippen LogP contribution in [0.25, 0.3) is 11.5 Å². The summed E-state index contributed by atoms with van der Waals surface area (Å²) in [6.45, 7) is 2.80. The van der Waals surface area contributed by atoms with Gasteiger partial charge in [0.25, 0.3) is 0 Å². The van der Waals surface area contributed by atoms with Crippen LogP contribution in [-0.2, 0) is 6.54 Å². The third-order valence-electron chi connectivity index (χ3n) is 5.22. The summed E-state index contributed by atoms with van der Waals surface area (Å²) in [6, 6.07) is 14.0. The molecule has 2 aliphatic heterocycles. The van der Waals surface area contributed by atoms with E-state index in [1.54, 1.807) is 0 Å². The Labute approximate surface area is 168 Å². The van der Waals surface area contributed by atoms with Gasteiger partial charge >= 0.3 is 0 Å². The number of likely N-dealkylation sites (tertiary alicyclic amines) is 1. The highest BCUT2D eigenvalue weighted by molar-refractivity contribution is 6.33. The quantitative estimate of drug-likeness (QED) is 0.646. The van der Waals surface area contributed by atoms with Gasteiger partial charge in [0, 0.05) is 6.04 Å². The van der Waals surface area contributed by atoms with Crippen molar-refractivity contribution in [3.05, 3.63) is 58.9 Å². The molecule has 1 unspecified atom stereocenters. The van der Waals surface area contributed by atoms with Crippen molar-refractivity contribution in [2.75, 3.05) is 19.8 Å². The molecule has 0 radical (unpaired) electrons.